The first-order chi connectivity index (χ1) is 8.40. The molecule has 1 rings (SSSR count). The topological polar surface area (TPSA) is 79.7 Å². The summed E-state index contributed by atoms with van der Waals surface area (Å²) in [5.74, 6) is -1.02. The summed E-state index contributed by atoms with van der Waals surface area (Å²) in [4.78, 5) is 27.7. The number of carbonyl (C=O) groups excluding carboxylic acids is 1. The summed E-state index contributed by atoms with van der Waals surface area (Å²) in [6.07, 6.45) is -0.606. The zero-order valence-electron chi connectivity index (χ0n) is 10.5. The molecule has 0 aliphatic heterocycles. The van der Waals surface area contributed by atoms with E-state index in [-0.39, 0.29) is 18.9 Å². The number of rotatable bonds is 6. The molecule has 1 heterocycles. The minimum absolute atomic E-state index is 0.0178. The van der Waals surface area contributed by atoms with Gasteiger partial charge in [-0.15, -0.1) is 11.3 Å². The molecule has 100 valence electrons. The monoisotopic (exact) mass is 272 g/mol. The second-order valence-electron chi connectivity index (χ2n) is 3.99. The van der Waals surface area contributed by atoms with E-state index in [1.54, 1.807) is 19.5 Å². The zero-order chi connectivity index (χ0) is 13.7. The van der Waals surface area contributed by atoms with Crippen molar-refractivity contribution < 1.29 is 19.4 Å². The number of hydrogen-bond acceptors (Lipinski definition) is 5. The molecule has 7 heteroatoms. The number of thiazole rings is 1. The van der Waals surface area contributed by atoms with Gasteiger partial charge in [-0.2, -0.15) is 0 Å². The molecule has 1 amide bonds. The predicted octanol–water partition coefficient (Wildman–Crippen LogP) is 0.763. The minimum atomic E-state index is -1.01. The summed E-state index contributed by atoms with van der Waals surface area (Å²) in [5, 5.41) is 11.1. The van der Waals surface area contributed by atoms with Gasteiger partial charge >= 0.3 is 5.97 Å². The van der Waals surface area contributed by atoms with Crippen LogP contribution in [0.2, 0.25) is 0 Å². The molecule has 1 aromatic heterocycles. The van der Waals surface area contributed by atoms with Gasteiger partial charge in [-0.1, -0.05) is 0 Å². The maximum atomic E-state index is 11.5. The number of nitrogens with zero attached hydrogens (tertiary/aromatic N) is 2. The Balaban J connectivity index is 2.48. The van der Waals surface area contributed by atoms with Crippen molar-refractivity contribution in [2.45, 2.75) is 26.1 Å². The highest BCUT2D eigenvalue weighted by Crippen LogP contribution is 2.12. The number of carboxylic acid groups (broad SMARTS) is 1. The van der Waals surface area contributed by atoms with E-state index in [0.29, 0.717) is 10.7 Å². The van der Waals surface area contributed by atoms with E-state index in [0.717, 1.165) is 0 Å². The van der Waals surface area contributed by atoms with Gasteiger partial charge in [-0.3, -0.25) is 4.79 Å². The molecule has 0 aliphatic rings. The number of ether oxygens (including phenoxy) is 1. The molecular formula is C11H16N2O4S. The summed E-state index contributed by atoms with van der Waals surface area (Å²) in [6.45, 7) is 1.60. The van der Waals surface area contributed by atoms with Crippen molar-refractivity contribution in [2.75, 3.05) is 14.1 Å². The third-order valence-electron chi connectivity index (χ3n) is 2.23. The molecule has 1 N–H and O–H groups in total. The summed E-state index contributed by atoms with van der Waals surface area (Å²) < 4.78 is 5.10. The first kappa shape index (κ1) is 14.6. The standard InChI is InChI=1S/C11H16N2O4S/c1-7(11(15)16)17-5-8-6-18-9(12-8)4-10(14)13(2)3/h6-7H,4-5H2,1-3H3,(H,15,16). The van der Waals surface area contributed by atoms with Crippen LogP contribution >= 0.6 is 11.3 Å². The Bertz CT molecular complexity index is 430. The largest absolute Gasteiger partial charge is 0.479 e. The van der Waals surface area contributed by atoms with Crippen molar-refractivity contribution in [2.24, 2.45) is 0 Å². The molecule has 0 radical (unpaired) electrons. The number of amides is 1. The lowest BCUT2D eigenvalue weighted by Gasteiger charge is -2.08. The third kappa shape index (κ3) is 4.42. The van der Waals surface area contributed by atoms with Crippen LogP contribution in [0.25, 0.3) is 0 Å². The molecular weight excluding hydrogens is 256 g/mol. The number of carboxylic acids is 1. The molecule has 0 aromatic carbocycles. The highest BCUT2D eigenvalue weighted by Gasteiger charge is 2.13. The van der Waals surface area contributed by atoms with Crippen LogP contribution in [0.15, 0.2) is 5.38 Å². The second kappa shape index (κ2) is 6.46. The molecule has 6 nitrogen and oxygen atoms in total. The lowest BCUT2D eigenvalue weighted by atomic mass is 10.4. The molecule has 0 aliphatic carbocycles. The summed E-state index contributed by atoms with van der Waals surface area (Å²) in [5.41, 5.74) is 0.648. The summed E-state index contributed by atoms with van der Waals surface area (Å²) in [7, 11) is 3.38. The maximum Gasteiger partial charge on any atom is 0.332 e. The van der Waals surface area contributed by atoms with Crippen molar-refractivity contribution in [1.82, 2.24) is 9.88 Å². The first-order valence-electron chi connectivity index (χ1n) is 5.38. The quantitative estimate of drug-likeness (QED) is 0.827. The van der Waals surface area contributed by atoms with Crippen LogP contribution in [0.1, 0.15) is 17.6 Å². The number of hydrogen-bond donors (Lipinski definition) is 1. The average Bonchev–Trinajstić information content (AvgIpc) is 2.73. The van der Waals surface area contributed by atoms with Crippen molar-refractivity contribution in [3.8, 4) is 0 Å². The number of carbonyl (C=O) groups is 2. The lowest BCUT2D eigenvalue weighted by molar-refractivity contribution is -0.149. The third-order valence-corrected chi connectivity index (χ3v) is 3.13. The van der Waals surface area contributed by atoms with Crippen LogP contribution in [-0.2, 0) is 27.4 Å². The van der Waals surface area contributed by atoms with Gasteiger partial charge in [0.2, 0.25) is 5.91 Å². The molecule has 0 bridgehead atoms. The van der Waals surface area contributed by atoms with E-state index in [1.165, 1.54) is 23.2 Å². The lowest BCUT2D eigenvalue weighted by Crippen LogP contribution is -2.23. The van der Waals surface area contributed by atoms with Crippen LogP contribution in [0.4, 0.5) is 0 Å². The van der Waals surface area contributed by atoms with E-state index in [1.807, 2.05) is 0 Å². The van der Waals surface area contributed by atoms with Gasteiger partial charge in [0.1, 0.15) is 5.01 Å². The van der Waals surface area contributed by atoms with Crippen LogP contribution in [0, 0.1) is 0 Å². The van der Waals surface area contributed by atoms with E-state index >= 15 is 0 Å². The van der Waals surface area contributed by atoms with E-state index in [2.05, 4.69) is 4.98 Å². The Morgan fingerprint density at radius 1 is 1.56 bits per heavy atom. The van der Waals surface area contributed by atoms with Gasteiger partial charge < -0.3 is 14.7 Å². The molecule has 1 atom stereocenters. The molecule has 0 saturated carbocycles. The highest BCUT2D eigenvalue weighted by molar-refractivity contribution is 7.09. The number of likely N-dealkylation sites (N-methyl/N-ethyl adjacent to an activating group) is 1. The van der Waals surface area contributed by atoms with Crippen LogP contribution in [0.5, 0.6) is 0 Å². The van der Waals surface area contributed by atoms with Gasteiger partial charge in [0.05, 0.1) is 18.7 Å². The Morgan fingerprint density at radius 3 is 2.78 bits per heavy atom. The highest BCUT2D eigenvalue weighted by atomic mass is 32.1. The Hall–Kier alpha value is -1.47. The number of aliphatic carboxylic acids is 1. The smallest absolute Gasteiger partial charge is 0.332 e. The molecule has 18 heavy (non-hydrogen) atoms. The molecule has 0 spiro atoms. The summed E-state index contributed by atoms with van der Waals surface area (Å²) in [6, 6.07) is 0. The van der Waals surface area contributed by atoms with Crippen molar-refractivity contribution in [1.29, 1.82) is 0 Å². The van der Waals surface area contributed by atoms with E-state index in [9.17, 15) is 9.59 Å². The van der Waals surface area contributed by atoms with Gasteiger partial charge in [0, 0.05) is 19.5 Å². The fraction of sp³-hybridized carbons (Fsp3) is 0.545. The zero-order valence-corrected chi connectivity index (χ0v) is 11.4. The molecule has 0 fully saturated rings. The van der Waals surface area contributed by atoms with Crippen LogP contribution in [0.3, 0.4) is 0 Å². The number of aromatic nitrogens is 1. The van der Waals surface area contributed by atoms with Crippen LogP contribution in [-0.4, -0.2) is 47.1 Å². The van der Waals surface area contributed by atoms with Gasteiger partial charge in [0.25, 0.3) is 0 Å². The fourth-order valence-corrected chi connectivity index (χ4v) is 1.84. The van der Waals surface area contributed by atoms with Crippen molar-refractivity contribution in [3.63, 3.8) is 0 Å². The second-order valence-corrected chi connectivity index (χ2v) is 4.93. The van der Waals surface area contributed by atoms with Crippen molar-refractivity contribution in [3.05, 3.63) is 16.1 Å². The average molecular weight is 272 g/mol. The molecule has 1 unspecified atom stereocenters. The predicted molar refractivity (Wildman–Crippen MR) is 66.4 cm³/mol. The Kier molecular flexibility index (Phi) is 5.24. The molecule has 1 aromatic rings. The Morgan fingerprint density at radius 2 is 2.22 bits per heavy atom. The van der Waals surface area contributed by atoms with Crippen LogP contribution < -0.4 is 0 Å². The summed E-state index contributed by atoms with van der Waals surface area (Å²) >= 11 is 1.37. The normalized spacial score (nSPS) is 12.2. The first-order valence-corrected chi connectivity index (χ1v) is 6.26. The Labute approximate surface area is 109 Å². The van der Waals surface area contributed by atoms with Gasteiger partial charge in [0.15, 0.2) is 6.10 Å². The minimum Gasteiger partial charge on any atom is -0.479 e. The van der Waals surface area contributed by atoms with Crippen molar-refractivity contribution >= 4 is 23.2 Å². The van der Waals surface area contributed by atoms with Gasteiger partial charge in [-0.05, 0) is 6.92 Å². The SMILES string of the molecule is CC(OCc1csc(CC(=O)N(C)C)n1)C(=O)O. The van der Waals surface area contributed by atoms with Gasteiger partial charge in [-0.25, -0.2) is 9.78 Å². The molecule has 0 saturated heterocycles. The van der Waals surface area contributed by atoms with E-state index < -0.39 is 12.1 Å². The maximum absolute atomic E-state index is 11.5. The van der Waals surface area contributed by atoms with E-state index in [4.69, 9.17) is 9.84 Å². The fourth-order valence-electron chi connectivity index (χ4n) is 1.07.